The molecule has 0 saturated carbocycles. The van der Waals surface area contributed by atoms with Crippen molar-refractivity contribution in [3.63, 3.8) is 0 Å². The maximum absolute atomic E-state index is 11.2. The van der Waals surface area contributed by atoms with Crippen molar-refractivity contribution in [3.05, 3.63) is 0 Å². The second kappa shape index (κ2) is 5.28. The van der Waals surface area contributed by atoms with Gasteiger partial charge < -0.3 is 10.2 Å². The van der Waals surface area contributed by atoms with E-state index in [1.165, 1.54) is 0 Å². The number of carboxylic acids is 1. The molecule has 0 saturated heterocycles. The number of nitrogens with one attached hydrogen (secondary N) is 1. The van der Waals surface area contributed by atoms with E-state index in [2.05, 4.69) is 0 Å². The molecule has 0 rings (SSSR count). The molecule has 0 aromatic heterocycles. The molecule has 0 aliphatic heterocycles. The molecule has 0 bridgehead atoms. The van der Waals surface area contributed by atoms with Crippen LogP contribution >= 0.6 is 0 Å². The van der Waals surface area contributed by atoms with Crippen LogP contribution in [0.15, 0.2) is 0 Å². The molecule has 7 heteroatoms. The Bertz CT molecular complexity index is 284. The van der Waals surface area contributed by atoms with Crippen molar-refractivity contribution in [2.45, 2.75) is 19.9 Å². The lowest BCUT2D eigenvalue weighted by molar-refractivity contribution is -0.139. The van der Waals surface area contributed by atoms with Gasteiger partial charge in [0.25, 0.3) is 0 Å². The van der Waals surface area contributed by atoms with Gasteiger partial charge in [0.15, 0.2) is 0 Å². The first-order valence-corrected chi connectivity index (χ1v) is 5.77. The van der Waals surface area contributed by atoms with Crippen LogP contribution in [0.25, 0.3) is 0 Å². The van der Waals surface area contributed by atoms with Gasteiger partial charge in [-0.05, 0) is 5.92 Å². The molecule has 0 spiro atoms. The lowest BCUT2D eigenvalue weighted by atomic mass is 10.3. The van der Waals surface area contributed by atoms with E-state index >= 15 is 0 Å². The molecule has 0 heterocycles. The van der Waals surface area contributed by atoms with Crippen LogP contribution in [-0.4, -0.2) is 43.0 Å². The van der Waals surface area contributed by atoms with Crippen molar-refractivity contribution in [1.82, 2.24) is 4.72 Å². The lowest BCUT2D eigenvalue weighted by Crippen LogP contribution is -2.44. The van der Waals surface area contributed by atoms with E-state index < -0.39 is 28.6 Å². The highest BCUT2D eigenvalue weighted by molar-refractivity contribution is 7.89. The normalized spacial score (nSPS) is 14.3. The molecule has 0 aliphatic carbocycles. The third-order valence-electron chi connectivity index (χ3n) is 1.36. The van der Waals surface area contributed by atoms with Crippen LogP contribution in [0.2, 0.25) is 0 Å². The summed E-state index contributed by atoms with van der Waals surface area (Å²) in [5.74, 6) is -1.64. The van der Waals surface area contributed by atoms with E-state index in [-0.39, 0.29) is 11.7 Å². The first-order chi connectivity index (χ1) is 6.28. The molecular weight excluding hydrogens is 210 g/mol. The van der Waals surface area contributed by atoms with Gasteiger partial charge in [-0.2, -0.15) is 4.72 Å². The Labute approximate surface area is 83.0 Å². The van der Waals surface area contributed by atoms with Gasteiger partial charge >= 0.3 is 5.97 Å². The van der Waals surface area contributed by atoms with Gasteiger partial charge in [-0.15, -0.1) is 0 Å². The third kappa shape index (κ3) is 5.15. The predicted octanol–water partition coefficient (Wildman–Crippen LogP) is -0.993. The lowest BCUT2D eigenvalue weighted by Gasteiger charge is -2.13. The van der Waals surface area contributed by atoms with Crippen LogP contribution in [0, 0.1) is 5.92 Å². The molecule has 0 unspecified atom stereocenters. The largest absolute Gasteiger partial charge is 0.480 e. The number of aliphatic hydroxyl groups is 1. The minimum Gasteiger partial charge on any atom is -0.480 e. The molecular formula is C7H15NO5S. The maximum atomic E-state index is 11.2. The molecule has 0 aliphatic rings. The molecule has 0 aromatic rings. The van der Waals surface area contributed by atoms with Gasteiger partial charge in [0.1, 0.15) is 6.04 Å². The number of hydrogen-bond acceptors (Lipinski definition) is 4. The van der Waals surface area contributed by atoms with Crippen LogP contribution in [0.5, 0.6) is 0 Å². The van der Waals surface area contributed by atoms with E-state index in [1.807, 2.05) is 4.72 Å². The molecule has 0 amide bonds. The van der Waals surface area contributed by atoms with Crippen molar-refractivity contribution in [2.75, 3.05) is 12.4 Å². The summed E-state index contributed by atoms with van der Waals surface area (Å²) in [6.45, 7) is 2.65. The van der Waals surface area contributed by atoms with E-state index in [0.717, 1.165) is 0 Å². The Kier molecular flexibility index (Phi) is 5.03. The number of sulfonamides is 1. The molecule has 1 atom stereocenters. The minimum absolute atomic E-state index is 0.0966. The smallest absolute Gasteiger partial charge is 0.324 e. The second-order valence-electron chi connectivity index (χ2n) is 3.37. The van der Waals surface area contributed by atoms with E-state index in [4.69, 9.17) is 10.2 Å². The summed E-state index contributed by atoms with van der Waals surface area (Å²) in [4.78, 5) is 10.4. The van der Waals surface area contributed by atoms with Crippen molar-refractivity contribution in [1.29, 1.82) is 0 Å². The number of aliphatic hydroxyl groups excluding tert-OH is 1. The zero-order valence-electron chi connectivity index (χ0n) is 8.10. The summed E-state index contributed by atoms with van der Waals surface area (Å²) in [5.41, 5.74) is 0. The summed E-state index contributed by atoms with van der Waals surface area (Å²) < 4.78 is 24.4. The van der Waals surface area contributed by atoms with Crippen molar-refractivity contribution in [2.24, 2.45) is 5.92 Å². The van der Waals surface area contributed by atoms with Crippen molar-refractivity contribution in [3.8, 4) is 0 Å². The van der Waals surface area contributed by atoms with Gasteiger partial charge in [0.2, 0.25) is 10.0 Å². The number of carboxylic acid groups (broad SMARTS) is 1. The van der Waals surface area contributed by atoms with Crippen molar-refractivity contribution < 1.29 is 23.4 Å². The summed E-state index contributed by atoms with van der Waals surface area (Å²) in [5, 5.41) is 17.1. The monoisotopic (exact) mass is 225 g/mol. The van der Waals surface area contributed by atoms with Gasteiger partial charge in [-0.25, -0.2) is 8.42 Å². The zero-order valence-corrected chi connectivity index (χ0v) is 8.91. The Morgan fingerprint density at radius 3 is 2.21 bits per heavy atom. The van der Waals surface area contributed by atoms with E-state index in [9.17, 15) is 13.2 Å². The van der Waals surface area contributed by atoms with Gasteiger partial charge in [-0.1, -0.05) is 13.8 Å². The SMILES string of the molecule is CC(C)CS(=O)(=O)N[C@@H](CO)C(=O)O. The highest BCUT2D eigenvalue weighted by Gasteiger charge is 2.23. The highest BCUT2D eigenvalue weighted by Crippen LogP contribution is 1.99. The molecule has 0 radical (unpaired) electrons. The van der Waals surface area contributed by atoms with Gasteiger partial charge in [0.05, 0.1) is 12.4 Å². The fourth-order valence-corrected chi connectivity index (χ4v) is 2.45. The number of rotatable bonds is 6. The summed E-state index contributed by atoms with van der Waals surface area (Å²) >= 11 is 0. The molecule has 84 valence electrons. The van der Waals surface area contributed by atoms with E-state index in [1.54, 1.807) is 13.8 Å². The quantitative estimate of drug-likeness (QED) is 0.538. The third-order valence-corrected chi connectivity index (χ3v) is 3.10. The summed E-state index contributed by atoms with van der Waals surface area (Å²) in [7, 11) is -3.63. The first kappa shape index (κ1) is 13.3. The average molecular weight is 225 g/mol. The van der Waals surface area contributed by atoms with Crippen LogP contribution in [0.1, 0.15) is 13.8 Å². The second-order valence-corrected chi connectivity index (χ2v) is 5.17. The topological polar surface area (TPSA) is 104 Å². The summed E-state index contributed by atoms with van der Waals surface area (Å²) in [6, 6.07) is -1.46. The maximum Gasteiger partial charge on any atom is 0.324 e. The molecule has 6 nitrogen and oxygen atoms in total. The Morgan fingerprint density at radius 1 is 1.43 bits per heavy atom. The van der Waals surface area contributed by atoms with Crippen LogP contribution < -0.4 is 4.72 Å². The van der Waals surface area contributed by atoms with Crippen LogP contribution in [-0.2, 0) is 14.8 Å². The Balaban J connectivity index is 4.41. The fraction of sp³-hybridized carbons (Fsp3) is 0.857. The predicted molar refractivity (Wildman–Crippen MR) is 50.3 cm³/mol. The van der Waals surface area contributed by atoms with E-state index in [0.29, 0.717) is 0 Å². The number of carbonyl (C=O) groups is 1. The Hall–Kier alpha value is -0.660. The first-order valence-electron chi connectivity index (χ1n) is 4.12. The minimum atomic E-state index is -3.63. The molecule has 0 fully saturated rings. The van der Waals surface area contributed by atoms with Crippen LogP contribution in [0.3, 0.4) is 0 Å². The molecule has 0 aromatic carbocycles. The molecule has 14 heavy (non-hydrogen) atoms. The average Bonchev–Trinajstić information content (AvgIpc) is 1.97. The number of hydrogen-bond donors (Lipinski definition) is 3. The number of aliphatic carboxylic acids is 1. The van der Waals surface area contributed by atoms with Crippen LogP contribution in [0.4, 0.5) is 0 Å². The van der Waals surface area contributed by atoms with Gasteiger partial charge in [0, 0.05) is 0 Å². The summed E-state index contributed by atoms with van der Waals surface area (Å²) in [6.07, 6.45) is 0. The van der Waals surface area contributed by atoms with Gasteiger partial charge in [-0.3, -0.25) is 4.79 Å². The van der Waals surface area contributed by atoms with Crippen molar-refractivity contribution >= 4 is 16.0 Å². The molecule has 3 N–H and O–H groups in total. The standard InChI is InChI=1S/C7H15NO5S/c1-5(2)4-14(12,13)8-6(3-9)7(10)11/h5-6,8-9H,3-4H2,1-2H3,(H,10,11)/t6-/m0/s1. The fourth-order valence-electron chi connectivity index (χ4n) is 0.869. The zero-order chi connectivity index (χ0) is 11.4. The Morgan fingerprint density at radius 2 is 1.93 bits per heavy atom. The highest BCUT2D eigenvalue weighted by atomic mass is 32.2.